The molecule has 1 atom stereocenters. The molecule has 180 valence electrons. The number of rotatable bonds is 7. The summed E-state index contributed by atoms with van der Waals surface area (Å²) in [5, 5.41) is 13.0. The molecule has 0 saturated carbocycles. The Bertz CT molecular complexity index is 1330. The number of hydrogen-bond acceptors (Lipinski definition) is 7. The molecule has 2 aromatic heterocycles. The van der Waals surface area contributed by atoms with Gasteiger partial charge in [-0.25, -0.2) is 4.98 Å². The number of para-hydroxylation sites is 1. The van der Waals surface area contributed by atoms with Gasteiger partial charge in [-0.15, -0.1) is 10.2 Å². The van der Waals surface area contributed by atoms with Crippen molar-refractivity contribution in [3.63, 3.8) is 0 Å². The van der Waals surface area contributed by atoms with Crippen LogP contribution in [0.3, 0.4) is 0 Å². The van der Waals surface area contributed by atoms with Crippen LogP contribution in [0.25, 0.3) is 10.2 Å². The minimum absolute atomic E-state index is 0.0163. The number of hydrogen-bond donors (Lipinski definition) is 1. The lowest BCUT2D eigenvalue weighted by Crippen LogP contribution is -2.32. The highest BCUT2D eigenvalue weighted by Crippen LogP contribution is 2.34. The molecular formula is C25H26N6O2S2. The van der Waals surface area contributed by atoms with E-state index in [0.29, 0.717) is 28.9 Å². The number of thiazole rings is 1. The molecule has 2 aromatic carbocycles. The molecule has 0 radical (unpaired) electrons. The lowest BCUT2D eigenvalue weighted by Gasteiger charge is -2.24. The maximum atomic E-state index is 13.2. The first-order valence-corrected chi connectivity index (χ1v) is 13.4. The second-order valence-corrected chi connectivity index (χ2v) is 10.4. The SMILES string of the molecule is CCn1c(SCC(=O)Nc2nc3ccccc3s2)nnc1C1CCCN1C(=O)c1ccc(C)cc1. The Labute approximate surface area is 211 Å². The molecule has 1 aliphatic heterocycles. The van der Waals surface area contributed by atoms with Crippen LogP contribution in [0.5, 0.6) is 0 Å². The normalized spacial score (nSPS) is 15.6. The number of likely N-dealkylation sites (tertiary alicyclic amines) is 1. The van der Waals surface area contributed by atoms with Crippen LogP contribution < -0.4 is 5.32 Å². The van der Waals surface area contributed by atoms with Gasteiger partial charge in [-0.05, 0) is 51.0 Å². The number of aryl methyl sites for hydroxylation is 1. The zero-order valence-corrected chi connectivity index (χ0v) is 21.2. The van der Waals surface area contributed by atoms with Gasteiger partial charge in [-0.1, -0.05) is 52.9 Å². The number of carbonyl (C=O) groups excluding carboxylic acids is 2. The van der Waals surface area contributed by atoms with Gasteiger partial charge >= 0.3 is 0 Å². The molecule has 5 rings (SSSR count). The van der Waals surface area contributed by atoms with Crippen LogP contribution in [0.1, 0.15) is 47.6 Å². The quantitative estimate of drug-likeness (QED) is 0.358. The number of thioether (sulfide) groups is 1. The van der Waals surface area contributed by atoms with Crippen molar-refractivity contribution in [2.45, 2.75) is 44.4 Å². The van der Waals surface area contributed by atoms with E-state index in [0.717, 1.165) is 34.4 Å². The Balaban J connectivity index is 1.27. The Kier molecular flexibility index (Phi) is 6.83. The fourth-order valence-corrected chi connectivity index (χ4v) is 5.99. The summed E-state index contributed by atoms with van der Waals surface area (Å²) in [5.74, 6) is 0.852. The van der Waals surface area contributed by atoms with Gasteiger partial charge in [0.15, 0.2) is 16.1 Å². The van der Waals surface area contributed by atoms with Crippen LogP contribution in [0, 0.1) is 6.92 Å². The summed E-state index contributed by atoms with van der Waals surface area (Å²) in [5.41, 5.74) is 2.68. The number of benzene rings is 2. The third-order valence-corrected chi connectivity index (χ3v) is 7.96. The van der Waals surface area contributed by atoms with Gasteiger partial charge in [0.05, 0.1) is 22.0 Å². The summed E-state index contributed by atoms with van der Waals surface area (Å²) < 4.78 is 3.05. The largest absolute Gasteiger partial charge is 0.328 e. The zero-order chi connectivity index (χ0) is 24.4. The molecule has 1 fully saturated rings. The third kappa shape index (κ3) is 4.94. The van der Waals surface area contributed by atoms with E-state index in [1.807, 2.05) is 71.8 Å². The van der Waals surface area contributed by atoms with Crippen LogP contribution in [0.4, 0.5) is 5.13 Å². The minimum Gasteiger partial charge on any atom is -0.328 e. The topological polar surface area (TPSA) is 93.0 Å². The number of nitrogens with one attached hydrogen (secondary N) is 1. The average molecular weight is 507 g/mol. The molecule has 1 N–H and O–H groups in total. The summed E-state index contributed by atoms with van der Waals surface area (Å²) in [6, 6.07) is 15.3. The van der Waals surface area contributed by atoms with Crippen molar-refractivity contribution >= 4 is 50.3 Å². The standard InChI is InChI=1S/C25H26N6O2S2/c1-3-30-22(19-8-6-14-31(19)23(33)17-12-10-16(2)11-13-17)28-29-25(30)34-15-21(32)27-24-26-18-7-4-5-9-20(18)35-24/h4-5,7,9-13,19H,3,6,8,14-15H2,1-2H3,(H,26,27,32). The molecule has 0 bridgehead atoms. The molecule has 8 nitrogen and oxygen atoms in total. The van der Waals surface area contributed by atoms with E-state index in [-0.39, 0.29) is 23.6 Å². The van der Waals surface area contributed by atoms with E-state index in [1.165, 1.54) is 23.1 Å². The van der Waals surface area contributed by atoms with Crippen molar-refractivity contribution in [3.05, 3.63) is 65.5 Å². The fraction of sp³-hybridized carbons (Fsp3) is 0.320. The van der Waals surface area contributed by atoms with Gasteiger partial charge in [0.25, 0.3) is 5.91 Å². The van der Waals surface area contributed by atoms with Crippen LogP contribution in [-0.2, 0) is 11.3 Å². The Morgan fingerprint density at radius 1 is 1.14 bits per heavy atom. The highest BCUT2D eigenvalue weighted by atomic mass is 32.2. The molecular weight excluding hydrogens is 480 g/mol. The minimum atomic E-state index is -0.140. The lowest BCUT2D eigenvalue weighted by atomic mass is 10.1. The predicted octanol–water partition coefficient (Wildman–Crippen LogP) is 4.92. The monoisotopic (exact) mass is 506 g/mol. The van der Waals surface area contributed by atoms with Crippen LogP contribution in [-0.4, -0.2) is 48.8 Å². The fourth-order valence-electron chi connectivity index (χ4n) is 4.30. The number of aromatic nitrogens is 4. The first-order valence-electron chi connectivity index (χ1n) is 11.6. The number of carbonyl (C=O) groups is 2. The molecule has 0 aliphatic carbocycles. The van der Waals surface area contributed by atoms with E-state index >= 15 is 0 Å². The molecule has 1 saturated heterocycles. The maximum absolute atomic E-state index is 13.2. The van der Waals surface area contributed by atoms with Gasteiger partial charge in [0.1, 0.15) is 0 Å². The maximum Gasteiger partial charge on any atom is 0.254 e. The zero-order valence-electron chi connectivity index (χ0n) is 19.6. The van der Waals surface area contributed by atoms with Crippen molar-refractivity contribution in [2.24, 2.45) is 0 Å². The number of anilines is 1. The van der Waals surface area contributed by atoms with Crippen molar-refractivity contribution in [2.75, 3.05) is 17.6 Å². The number of amides is 2. The van der Waals surface area contributed by atoms with E-state index in [4.69, 9.17) is 0 Å². The molecule has 0 spiro atoms. The van der Waals surface area contributed by atoms with Crippen LogP contribution >= 0.6 is 23.1 Å². The molecule has 4 aromatic rings. The average Bonchev–Trinajstić information content (AvgIpc) is 3.59. The van der Waals surface area contributed by atoms with Crippen molar-refractivity contribution in [3.8, 4) is 0 Å². The molecule has 2 amide bonds. The smallest absolute Gasteiger partial charge is 0.254 e. The van der Waals surface area contributed by atoms with Gasteiger partial charge in [-0.3, -0.25) is 9.59 Å². The van der Waals surface area contributed by atoms with Gasteiger partial charge in [0, 0.05) is 18.7 Å². The molecule has 35 heavy (non-hydrogen) atoms. The summed E-state index contributed by atoms with van der Waals surface area (Å²) in [4.78, 5) is 32.1. The van der Waals surface area contributed by atoms with E-state index in [1.54, 1.807) is 0 Å². The molecule has 10 heteroatoms. The van der Waals surface area contributed by atoms with Gasteiger partial charge in [-0.2, -0.15) is 0 Å². The highest BCUT2D eigenvalue weighted by molar-refractivity contribution is 7.99. The second kappa shape index (κ2) is 10.2. The number of fused-ring (bicyclic) bond motifs is 1. The summed E-state index contributed by atoms with van der Waals surface area (Å²) in [6.07, 6.45) is 1.77. The van der Waals surface area contributed by atoms with Gasteiger partial charge < -0.3 is 14.8 Å². The van der Waals surface area contributed by atoms with Gasteiger partial charge in [0.2, 0.25) is 5.91 Å². The molecule has 3 heterocycles. The van der Waals surface area contributed by atoms with Crippen molar-refractivity contribution < 1.29 is 9.59 Å². The summed E-state index contributed by atoms with van der Waals surface area (Å²) in [7, 11) is 0. The first-order chi connectivity index (χ1) is 17.0. The molecule has 1 unspecified atom stereocenters. The third-order valence-electron chi connectivity index (χ3n) is 6.04. The highest BCUT2D eigenvalue weighted by Gasteiger charge is 2.34. The van der Waals surface area contributed by atoms with Crippen molar-refractivity contribution in [1.29, 1.82) is 0 Å². The van der Waals surface area contributed by atoms with Crippen molar-refractivity contribution in [1.82, 2.24) is 24.6 Å². The van der Waals surface area contributed by atoms with E-state index in [9.17, 15) is 9.59 Å². The Morgan fingerprint density at radius 2 is 1.94 bits per heavy atom. The van der Waals surface area contributed by atoms with Crippen LogP contribution in [0.2, 0.25) is 0 Å². The van der Waals surface area contributed by atoms with E-state index < -0.39 is 0 Å². The van der Waals surface area contributed by atoms with Crippen LogP contribution in [0.15, 0.2) is 53.7 Å². The summed E-state index contributed by atoms with van der Waals surface area (Å²) >= 11 is 2.80. The van der Waals surface area contributed by atoms with E-state index in [2.05, 4.69) is 20.5 Å². The first kappa shape index (κ1) is 23.5. The molecule has 1 aliphatic rings. The Morgan fingerprint density at radius 3 is 2.71 bits per heavy atom. The summed E-state index contributed by atoms with van der Waals surface area (Å²) in [6.45, 7) is 5.39. The second-order valence-electron chi connectivity index (χ2n) is 8.43. The Hall–Kier alpha value is -3.24. The lowest BCUT2D eigenvalue weighted by molar-refractivity contribution is -0.113. The number of nitrogens with zero attached hydrogens (tertiary/aromatic N) is 5. The predicted molar refractivity (Wildman–Crippen MR) is 139 cm³/mol.